The van der Waals surface area contributed by atoms with Crippen molar-refractivity contribution >= 4 is 18.0 Å². The van der Waals surface area contributed by atoms with Gasteiger partial charge in [0.2, 0.25) is 0 Å². The van der Waals surface area contributed by atoms with Crippen molar-refractivity contribution < 1.29 is 0 Å². The van der Waals surface area contributed by atoms with Gasteiger partial charge in [0.25, 0.3) is 0 Å². The molecule has 0 amide bonds. The Bertz CT molecular complexity index is 848. The van der Waals surface area contributed by atoms with Crippen LogP contribution in [-0.4, -0.2) is 26.3 Å². The first-order valence-corrected chi connectivity index (χ1v) is 7.48. The number of rotatable bonds is 4. The third-order valence-corrected chi connectivity index (χ3v) is 4.08. The summed E-state index contributed by atoms with van der Waals surface area (Å²) in [7, 11) is 0. The Morgan fingerprint density at radius 1 is 1.32 bits per heavy atom. The van der Waals surface area contributed by atoms with E-state index in [4.69, 9.17) is 0 Å². The fourth-order valence-corrected chi connectivity index (χ4v) is 2.76. The highest BCUT2D eigenvalue weighted by Gasteiger charge is 2.29. The van der Waals surface area contributed by atoms with Gasteiger partial charge in [-0.25, -0.2) is 14.8 Å². The third kappa shape index (κ3) is 2.35. The summed E-state index contributed by atoms with van der Waals surface area (Å²) in [5.74, 6) is 2.97. The summed E-state index contributed by atoms with van der Waals surface area (Å²) in [4.78, 5) is 8.79. The number of hydrogen-bond donors (Lipinski definition) is 0. The average Bonchev–Trinajstić information content (AvgIpc) is 3.30. The summed E-state index contributed by atoms with van der Waals surface area (Å²) >= 11 is 0. The molecule has 6 heteroatoms. The fourth-order valence-electron chi connectivity index (χ4n) is 2.76. The molecule has 0 atom stereocenters. The largest absolute Gasteiger partial charge is 0.326 e. The molecule has 0 bridgehead atoms. The molecule has 1 aliphatic rings. The smallest absolute Gasteiger partial charge is 0.264 e. The van der Waals surface area contributed by atoms with E-state index in [0.717, 1.165) is 22.5 Å². The van der Waals surface area contributed by atoms with Crippen LogP contribution in [0.3, 0.4) is 0 Å². The van der Waals surface area contributed by atoms with Crippen LogP contribution in [0.2, 0.25) is 0 Å². The summed E-state index contributed by atoms with van der Waals surface area (Å²) in [5, 5.41) is 14.0. The summed E-state index contributed by atoms with van der Waals surface area (Å²) in [6.07, 6.45) is 8.31. The number of nitrogens with zero attached hydrogens (tertiary/aromatic N) is 5. The average molecular weight is 287 g/mol. The zero-order valence-electron chi connectivity index (χ0n) is 12.1. The molecule has 3 aromatic heterocycles. The third-order valence-electron chi connectivity index (χ3n) is 4.08. The Morgan fingerprint density at radius 2 is 2.23 bits per heavy atom. The van der Waals surface area contributed by atoms with Gasteiger partial charge in [-0.2, -0.15) is 5.10 Å². The molecule has 0 N–H and O–H groups in total. The lowest BCUT2D eigenvalue weighted by molar-refractivity contribution is 0.930. The number of pyridine rings is 1. The summed E-state index contributed by atoms with van der Waals surface area (Å²) in [5.41, 5.74) is 3.89. The second-order valence-electron chi connectivity index (χ2n) is 5.73. The molecule has 3 heterocycles. The van der Waals surface area contributed by atoms with Crippen molar-refractivity contribution in [3.8, 4) is 5.97 Å². The molecule has 0 aliphatic heterocycles. The monoisotopic (exact) mass is 287 g/mol. The Morgan fingerprint density at radius 3 is 2.95 bits per heavy atom. The Balaban J connectivity index is 1.77. The predicted octanol–water partition coefficient (Wildman–Crippen LogP) is 1.55. The molecule has 4 rings (SSSR count). The Kier molecular flexibility index (Phi) is 3.12. The van der Waals surface area contributed by atoms with Crippen molar-refractivity contribution in [1.29, 1.82) is 5.26 Å². The van der Waals surface area contributed by atoms with Crippen LogP contribution in [0, 0.1) is 11.2 Å². The molecule has 0 aromatic carbocycles. The summed E-state index contributed by atoms with van der Waals surface area (Å²) in [6, 6.07) is 7.85. The van der Waals surface area contributed by atoms with E-state index in [9.17, 15) is 5.26 Å². The quantitative estimate of drug-likeness (QED) is 0.683. The molecule has 0 radical (unpaired) electrons. The maximum Gasteiger partial charge on any atom is 0.326 e. The van der Waals surface area contributed by atoms with Crippen LogP contribution in [0.4, 0.5) is 0 Å². The molecule has 5 nitrogen and oxygen atoms in total. The molecular weight excluding hydrogens is 273 g/mol. The standard InChI is InChI=1S/C16H14BN5/c18-11-17(9-12-2-1-6-19-10-12)15-8-14(13-3-4-13)21-16-5-7-20-22(15)16/h1-2,5-8,10,13H,3-4,9H2. The van der Waals surface area contributed by atoms with Gasteiger partial charge in [0.15, 0.2) is 5.65 Å². The fraction of sp³-hybridized carbons (Fsp3) is 0.250. The van der Waals surface area contributed by atoms with Crippen LogP contribution in [-0.2, 0) is 6.32 Å². The van der Waals surface area contributed by atoms with Gasteiger partial charge in [-0.1, -0.05) is 6.07 Å². The first kappa shape index (κ1) is 13.0. The van der Waals surface area contributed by atoms with Gasteiger partial charge in [0.05, 0.1) is 6.20 Å². The molecule has 106 valence electrons. The van der Waals surface area contributed by atoms with Crippen molar-refractivity contribution in [1.82, 2.24) is 19.6 Å². The number of aromatic nitrogens is 4. The lowest BCUT2D eigenvalue weighted by Gasteiger charge is -2.10. The number of fused-ring (bicyclic) bond motifs is 1. The maximum atomic E-state index is 9.65. The zero-order chi connectivity index (χ0) is 14.9. The minimum Gasteiger partial charge on any atom is -0.264 e. The minimum absolute atomic E-state index is 0.257. The minimum atomic E-state index is -0.257. The molecule has 1 saturated carbocycles. The molecular formula is C16H14BN5. The van der Waals surface area contributed by atoms with Crippen molar-refractivity contribution in [3.05, 3.63) is 54.1 Å². The Labute approximate surface area is 128 Å². The van der Waals surface area contributed by atoms with E-state index >= 15 is 0 Å². The van der Waals surface area contributed by atoms with Crippen molar-refractivity contribution in [2.75, 3.05) is 0 Å². The first-order valence-electron chi connectivity index (χ1n) is 7.48. The van der Waals surface area contributed by atoms with Crippen LogP contribution in [0.1, 0.15) is 30.0 Å². The van der Waals surface area contributed by atoms with E-state index < -0.39 is 0 Å². The van der Waals surface area contributed by atoms with Crippen molar-refractivity contribution in [2.24, 2.45) is 0 Å². The van der Waals surface area contributed by atoms with E-state index in [-0.39, 0.29) is 6.71 Å². The van der Waals surface area contributed by atoms with E-state index in [1.807, 2.05) is 24.4 Å². The molecule has 0 spiro atoms. The first-order chi connectivity index (χ1) is 10.8. The van der Waals surface area contributed by atoms with Crippen LogP contribution in [0.15, 0.2) is 42.9 Å². The van der Waals surface area contributed by atoms with Gasteiger partial charge >= 0.3 is 6.71 Å². The van der Waals surface area contributed by atoms with E-state index in [2.05, 4.69) is 27.1 Å². The van der Waals surface area contributed by atoms with Crippen molar-refractivity contribution in [2.45, 2.75) is 25.1 Å². The molecule has 0 unspecified atom stereocenters. The summed E-state index contributed by atoms with van der Waals surface area (Å²) in [6.45, 7) is -0.257. The molecule has 1 aliphatic carbocycles. The topological polar surface area (TPSA) is 66.9 Å². The van der Waals surface area contributed by atoms with E-state index in [1.165, 1.54) is 12.8 Å². The number of nitriles is 1. The van der Waals surface area contributed by atoms with Gasteiger partial charge in [0, 0.05) is 41.6 Å². The van der Waals surface area contributed by atoms with Crippen LogP contribution >= 0.6 is 0 Å². The van der Waals surface area contributed by atoms with Gasteiger partial charge in [-0.15, -0.1) is 0 Å². The van der Waals surface area contributed by atoms with Crippen LogP contribution < -0.4 is 5.59 Å². The van der Waals surface area contributed by atoms with E-state index in [1.54, 1.807) is 16.9 Å². The highest BCUT2D eigenvalue weighted by Crippen LogP contribution is 2.38. The molecule has 22 heavy (non-hydrogen) atoms. The highest BCUT2D eigenvalue weighted by atomic mass is 15.2. The second kappa shape index (κ2) is 5.26. The Hall–Kier alpha value is -2.68. The van der Waals surface area contributed by atoms with Gasteiger partial charge in [0.1, 0.15) is 0 Å². The van der Waals surface area contributed by atoms with Gasteiger partial charge in [-0.3, -0.25) is 4.98 Å². The lowest BCUT2D eigenvalue weighted by Crippen LogP contribution is -2.38. The number of hydrogen-bond acceptors (Lipinski definition) is 4. The normalized spacial score (nSPS) is 14.0. The molecule has 0 saturated heterocycles. The van der Waals surface area contributed by atoms with Crippen LogP contribution in [0.5, 0.6) is 0 Å². The summed E-state index contributed by atoms with van der Waals surface area (Å²) < 4.78 is 1.79. The lowest BCUT2D eigenvalue weighted by atomic mass is 9.45. The van der Waals surface area contributed by atoms with Gasteiger partial charge < -0.3 is 0 Å². The zero-order valence-corrected chi connectivity index (χ0v) is 12.1. The second-order valence-corrected chi connectivity index (χ2v) is 5.73. The predicted molar refractivity (Wildman–Crippen MR) is 83.9 cm³/mol. The van der Waals surface area contributed by atoms with E-state index in [0.29, 0.717) is 12.2 Å². The maximum absolute atomic E-state index is 9.65. The molecule has 3 aromatic rings. The van der Waals surface area contributed by atoms with Crippen molar-refractivity contribution in [3.63, 3.8) is 0 Å². The SMILES string of the molecule is N#CB(Cc1cccnc1)c1cc(C2CC2)nc2ccnn12. The molecule has 1 fully saturated rings. The van der Waals surface area contributed by atoms with Crippen LogP contribution in [0.25, 0.3) is 5.65 Å². The van der Waals surface area contributed by atoms with Gasteiger partial charge in [-0.05, 0) is 36.9 Å². The highest BCUT2D eigenvalue weighted by molar-refractivity contribution is 6.78.